The fourth-order valence-electron chi connectivity index (χ4n) is 1.99. The molecule has 0 amide bonds. The van der Waals surface area contributed by atoms with Gasteiger partial charge in [0.15, 0.2) is 5.54 Å². The quantitative estimate of drug-likeness (QED) is 0.622. The second-order valence-electron chi connectivity index (χ2n) is 5.70. The number of hydroxylamine groups is 1. The number of benzene rings is 1. The van der Waals surface area contributed by atoms with E-state index < -0.39 is 0 Å². The molecule has 2 rings (SSSR count). The van der Waals surface area contributed by atoms with Gasteiger partial charge in [-0.2, -0.15) is 0 Å². The van der Waals surface area contributed by atoms with E-state index in [1.54, 1.807) is 7.11 Å². The van der Waals surface area contributed by atoms with Gasteiger partial charge in [0.25, 0.3) is 0 Å². The van der Waals surface area contributed by atoms with E-state index in [9.17, 15) is 5.21 Å². The lowest BCUT2D eigenvalue weighted by Crippen LogP contribution is -2.53. The first kappa shape index (κ1) is 12.7. The Balaban J connectivity index is 2.42. The second kappa shape index (κ2) is 3.90. The van der Waals surface area contributed by atoms with Crippen LogP contribution in [0.25, 0.3) is 0 Å². The van der Waals surface area contributed by atoms with E-state index in [2.05, 4.69) is 19.2 Å². The van der Waals surface area contributed by atoms with Crippen molar-refractivity contribution >= 4 is 5.84 Å². The number of nitrogens with one attached hydrogen (secondary N) is 1. The van der Waals surface area contributed by atoms with Gasteiger partial charge in [0, 0.05) is 0 Å². The summed E-state index contributed by atoms with van der Waals surface area (Å²) in [7, 11) is 1.64. The molecule has 18 heavy (non-hydrogen) atoms. The molecule has 0 aliphatic carbocycles. The topological polar surface area (TPSA) is 44.5 Å². The number of amidine groups is 1. The smallest absolute Gasteiger partial charge is 0.317 e. The molecule has 0 saturated carbocycles. The van der Waals surface area contributed by atoms with E-state index in [1.807, 2.05) is 38.1 Å². The lowest BCUT2D eigenvalue weighted by Gasteiger charge is -2.27. The summed E-state index contributed by atoms with van der Waals surface area (Å²) in [5.41, 5.74) is 0.358. The van der Waals surface area contributed by atoms with Crippen molar-refractivity contribution in [3.63, 3.8) is 0 Å². The standard InChI is InChI=1S/C14H20N2O2/c1-13(2)14(3,4)16(17)12(15-13)10-6-8-11(18-5)9-7-10/h6-9,17H,1-5H3/p+1. The van der Waals surface area contributed by atoms with Gasteiger partial charge in [-0.05, 0) is 52.0 Å². The average molecular weight is 249 g/mol. The Labute approximate surface area is 108 Å². The molecule has 2 N–H and O–H groups in total. The van der Waals surface area contributed by atoms with Crippen LogP contribution >= 0.6 is 0 Å². The van der Waals surface area contributed by atoms with Crippen molar-refractivity contribution in [1.29, 1.82) is 0 Å². The third-order valence-electron chi connectivity index (χ3n) is 4.07. The Morgan fingerprint density at radius 3 is 2.06 bits per heavy atom. The molecule has 0 fully saturated rings. The molecular weight excluding hydrogens is 228 g/mol. The number of rotatable bonds is 2. The van der Waals surface area contributed by atoms with E-state index in [4.69, 9.17) is 4.74 Å². The monoisotopic (exact) mass is 249 g/mol. The SMILES string of the molecule is COc1ccc(C2=[N+](O)C(C)(C)C(C)(C)N2)cc1. The Kier molecular flexibility index (Phi) is 2.76. The first-order valence-electron chi connectivity index (χ1n) is 6.08. The zero-order valence-corrected chi connectivity index (χ0v) is 11.6. The Morgan fingerprint density at radius 2 is 1.67 bits per heavy atom. The molecule has 1 aromatic carbocycles. The molecular formula is C14H21N2O2+. The molecule has 1 aromatic rings. The Bertz CT molecular complexity index is 487. The zero-order chi connectivity index (χ0) is 13.6. The number of methoxy groups -OCH3 is 1. The van der Waals surface area contributed by atoms with Crippen LogP contribution in [0.2, 0.25) is 0 Å². The predicted octanol–water partition coefficient (Wildman–Crippen LogP) is 2.00. The minimum Gasteiger partial charge on any atom is -0.497 e. The molecule has 0 unspecified atom stereocenters. The molecule has 0 saturated heterocycles. The van der Waals surface area contributed by atoms with Crippen molar-refractivity contribution in [2.45, 2.75) is 38.8 Å². The molecule has 1 aliphatic heterocycles. The van der Waals surface area contributed by atoms with Crippen LogP contribution in [-0.2, 0) is 0 Å². The zero-order valence-electron chi connectivity index (χ0n) is 11.6. The third-order valence-corrected chi connectivity index (χ3v) is 4.07. The Morgan fingerprint density at radius 1 is 1.11 bits per heavy atom. The maximum atomic E-state index is 10.3. The third kappa shape index (κ3) is 1.72. The van der Waals surface area contributed by atoms with Crippen molar-refractivity contribution in [2.24, 2.45) is 0 Å². The molecule has 0 aromatic heterocycles. The van der Waals surface area contributed by atoms with Crippen LogP contribution < -0.4 is 10.1 Å². The molecule has 0 spiro atoms. The first-order chi connectivity index (χ1) is 8.29. The fourth-order valence-corrected chi connectivity index (χ4v) is 1.99. The van der Waals surface area contributed by atoms with E-state index in [-0.39, 0.29) is 11.1 Å². The maximum absolute atomic E-state index is 10.3. The van der Waals surface area contributed by atoms with Crippen LogP contribution in [0.4, 0.5) is 0 Å². The molecule has 1 heterocycles. The minimum atomic E-state index is -0.373. The molecule has 98 valence electrons. The summed E-state index contributed by atoms with van der Waals surface area (Å²) >= 11 is 0. The van der Waals surface area contributed by atoms with Crippen molar-refractivity contribution < 1.29 is 14.7 Å². The highest BCUT2D eigenvalue weighted by Gasteiger charge is 2.55. The van der Waals surface area contributed by atoms with Crippen LogP contribution in [0.5, 0.6) is 5.75 Å². The molecule has 4 heteroatoms. The first-order valence-corrected chi connectivity index (χ1v) is 6.08. The minimum absolute atomic E-state index is 0.211. The highest BCUT2D eigenvalue weighted by atomic mass is 16.5. The van der Waals surface area contributed by atoms with Gasteiger partial charge in [0.05, 0.1) is 12.7 Å². The van der Waals surface area contributed by atoms with Crippen molar-refractivity contribution in [3.05, 3.63) is 29.8 Å². The van der Waals surface area contributed by atoms with E-state index >= 15 is 0 Å². The number of hydrogen-bond acceptors (Lipinski definition) is 3. The number of nitrogens with zero attached hydrogens (tertiary/aromatic N) is 1. The van der Waals surface area contributed by atoms with Crippen molar-refractivity contribution in [2.75, 3.05) is 7.11 Å². The predicted molar refractivity (Wildman–Crippen MR) is 70.4 cm³/mol. The van der Waals surface area contributed by atoms with Gasteiger partial charge in [-0.25, -0.2) is 0 Å². The summed E-state index contributed by atoms with van der Waals surface area (Å²) in [5, 5.41) is 13.7. The Hall–Kier alpha value is -1.71. The summed E-state index contributed by atoms with van der Waals surface area (Å²) in [5.74, 6) is 1.54. The van der Waals surface area contributed by atoms with Gasteiger partial charge in [0.2, 0.25) is 0 Å². The van der Waals surface area contributed by atoms with E-state index in [0.717, 1.165) is 17.1 Å². The molecule has 0 atom stereocenters. The highest BCUT2D eigenvalue weighted by Crippen LogP contribution is 2.30. The van der Waals surface area contributed by atoms with Crippen LogP contribution in [0.1, 0.15) is 33.3 Å². The summed E-state index contributed by atoms with van der Waals surface area (Å²) in [6, 6.07) is 7.64. The molecule has 0 bridgehead atoms. The fraction of sp³-hybridized carbons (Fsp3) is 0.500. The second-order valence-corrected chi connectivity index (χ2v) is 5.70. The maximum Gasteiger partial charge on any atom is 0.317 e. The van der Waals surface area contributed by atoms with Gasteiger partial charge in [-0.3, -0.25) is 5.32 Å². The molecule has 1 aliphatic rings. The van der Waals surface area contributed by atoms with Gasteiger partial charge < -0.3 is 9.94 Å². The number of ether oxygens (including phenoxy) is 1. The van der Waals surface area contributed by atoms with Gasteiger partial charge in [-0.15, -0.1) is 0 Å². The van der Waals surface area contributed by atoms with Crippen molar-refractivity contribution in [3.8, 4) is 5.75 Å². The highest BCUT2D eigenvalue weighted by molar-refractivity contribution is 5.96. The summed E-state index contributed by atoms with van der Waals surface area (Å²) in [6.07, 6.45) is 0. The van der Waals surface area contributed by atoms with Crippen molar-refractivity contribution in [1.82, 2.24) is 5.32 Å². The van der Waals surface area contributed by atoms with Gasteiger partial charge in [0.1, 0.15) is 11.3 Å². The average Bonchev–Trinajstić information content (AvgIpc) is 2.50. The number of hydrogen-bond donors (Lipinski definition) is 2. The van der Waals surface area contributed by atoms with Gasteiger partial charge >= 0.3 is 5.84 Å². The molecule has 4 nitrogen and oxygen atoms in total. The van der Waals surface area contributed by atoms with E-state index in [0.29, 0.717) is 0 Å². The normalized spacial score (nSPS) is 20.7. The summed E-state index contributed by atoms with van der Waals surface area (Å²) in [6.45, 7) is 8.17. The van der Waals surface area contributed by atoms with Crippen LogP contribution in [0.3, 0.4) is 0 Å². The van der Waals surface area contributed by atoms with Crippen LogP contribution in [0.15, 0.2) is 24.3 Å². The summed E-state index contributed by atoms with van der Waals surface area (Å²) < 4.78 is 6.45. The lowest BCUT2D eigenvalue weighted by molar-refractivity contribution is -0.820. The van der Waals surface area contributed by atoms with Crippen LogP contribution in [0, 0.1) is 0 Å². The van der Waals surface area contributed by atoms with Crippen LogP contribution in [-0.4, -0.2) is 34.0 Å². The van der Waals surface area contributed by atoms with E-state index in [1.165, 1.54) is 4.74 Å². The largest absolute Gasteiger partial charge is 0.497 e. The summed E-state index contributed by atoms with van der Waals surface area (Å²) in [4.78, 5) is 0. The molecule has 0 radical (unpaired) electrons. The van der Waals surface area contributed by atoms with Gasteiger partial charge in [-0.1, -0.05) is 4.74 Å². The lowest BCUT2D eigenvalue weighted by atomic mass is 9.84.